The zero-order valence-corrected chi connectivity index (χ0v) is 30.1. The molecule has 0 fully saturated rings. The van der Waals surface area contributed by atoms with Gasteiger partial charge in [0, 0.05) is 12.8 Å². The van der Waals surface area contributed by atoms with Crippen LogP contribution in [0.25, 0.3) is 0 Å². The van der Waals surface area contributed by atoms with Gasteiger partial charge in [0.15, 0.2) is 6.10 Å². The summed E-state index contributed by atoms with van der Waals surface area (Å²) in [4.78, 5) is 42.6. The molecule has 2 N–H and O–H groups in total. The lowest BCUT2D eigenvalue weighted by Crippen LogP contribution is -2.29. The third-order valence-electron chi connectivity index (χ3n) is 7.64. The van der Waals surface area contributed by atoms with Gasteiger partial charge < -0.3 is 19.3 Å². The summed E-state index contributed by atoms with van der Waals surface area (Å²) in [6, 6.07) is 0. The van der Waals surface area contributed by atoms with Gasteiger partial charge in [0.2, 0.25) is 0 Å². The Bertz CT molecular complexity index is 848. The highest BCUT2D eigenvalue weighted by Crippen LogP contribution is 2.35. The van der Waals surface area contributed by atoms with Gasteiger partial charge in [-0.25, -0.2) is 4.57 Å². The zero-order chi connectivity index (χ0) is 34.0. The monoisotopic (exact) mass is 670 g/mol. The number of ether oxygens (including phenoxy) is 2. The summed E-state index contributed by atoms with van der Waals surface area (Å²) in [6.45, 7) is 3.59. The van der Waals surface area contributed by atoms with E-state index in [1.165, 1.54) is 77.0 Å². The van der Waals surface area contributed by atoms with E-state index in [1.54, 1.807) is 0 Å². The van der Waals surface area contributed by atoms with Crippen LogP contribution in [-0.4, -0.2) is 41.0 Å². The Morgan fingerprint density at radius 1 is 0.565 bits per heavy atom. The summed E-state index contributed by atoms with van der Waals surface area (Å²) >= 11 is 0. The second-order valence-electron chi connectivity index (χ2n) is 12.2. The Morgan fingerprint density at radius 3 is 1.59 bits per heavy atom. The Balaban J connectivity index is 4.05. The molecule has 8 nitrogen and oxygen atoms in total. The van der Waals surface area contributed by atoms with Crippen LogP contribution >= 0.6 is 7.82 Å². The van der Waals surface area contributed by atoms with Gasteiger partial charge in [0.25, 0.3) is 0 Å². The molecule has 0 amide bonds. The number of rotatable bonds is 33. The van der Waals surface area contributed by atoms with Crippen molar-refractivity contribution in [3.8, 4) is 0 Å². The molecule has 0 aliphatic rings. The molecular formula is C37H67O8P. The molecule has 0 radical (unpaired) electrons. The second kappa shape index (κ2) is 33.2. The predicted octanol–water partition coefficient (Wildman–Crippen LogP) is 10.6. The Labute approximate surface area is 281 Å². The number of esters is 2. The van der Waals surface area contributed by atoms with E-state index < -0.39 is 32.5 Å². The van der Waals surface area contributed by atoms with Crippen molar-refractivity contribution in [1.29, 1.82) is 0 Å². The van der Waals surface area contributed by atoms with Crippen molar-refractivity contribution in [2.75, 3.05) is 13.2 Å². The Kier molecular flexibility index (Phi) is 31.9. The van der Waals surface area contributed by atoms with E-state index in [9.17, 15) is 14.2 Å². The van der Waals surface area contributed by atoms with E-state index in [-0.39, 0.29) is 19.4 Å². The van der Waals surface area contributed by atoms with Crippen molar-refractivity contribution in [3.05, 3.63) is 36.5 Å². The lowest BCUT2D eigenvalue weighted by molar-refractivity contribution is -0.161. The summed E-state index contributed by atoms with van der Waals surface area (Å²) < 4.78 is 26.2. The SMILES string of the molecule is CCCCC/C=C\C/C=C\CCCCCCCC(=O)OC[C@H](COP(=O)(O)O)OC(=O)CC/C=C/CCCCCCCCCCC. The molecule has 9 heteroatoms. The van der Waals surface area contributed by atoms with Gasteiger partial charge in [-0.15, -0.1) is 0 Å². The van der Waals surface area contributed by atoms with Crippen molar-refractivity contribution >= 4 is 19.8 Å². The van der Waals surface area contributed by atoms with Gasteiger partial charge in [-0.3, -0.25) is 14.1 Å². The molecule has 0 aromatic carbocycles. The van der Waals surface area contributed by atoms with Crippen LogP contribution in [0.1, 0.15) is 168 Å². The third-order valence-corrected chi connectivity index (χ3v) is 8.13. The molecule has 0 unspecified atom stereocenters. The number of unbranched alkanes of at least 4 members (excludes halogenated alkanes) is 17. The number of phosphoric acid groups is 1. The topological polar surface area (TPSA) is 119 Å². The van der Waals surface area contributed by atoms with E-state index in [1.807, 2.05) is 6.08 Å². The van der Waals surface area contributed by atoms with Gasteiger partial charge in [-0.05, 0) is 57.8 Å². The van der Waals surface area contributed by atoms with Gasteiger partial charge in [-0.1, -0.05) is 134 Å². The first-order valence-electron chi connectivity index (χ1n) is 18.3. The maximum absolute atomic E-state index is 12.3. The number of allylic oxidation sites excluding steroid dienone is 6. The van der Waals surface area contributed by atoms with Crippen LogP contribution in [0.5, 0.6) is 0 Å². The minimum atomic E-state index is -4.76. The van der Waals surface area contributed by atoms with Gasteiger partial charge >= 0.3 is 19.8 Å². The molecule has 0 bridgehead atoms. The summed E-state index contributed by atoms with van der Waals surface area (Å²) in [5, 5.41) is 0. The highest BCUT2D eigenvalue weighted by molar-refractivity contribution is 7.46. The molecule has 0 aliphatic heterocycles. The molecule has 0 rings (SSSR count). The van der Waals surface area contributed by atoms with E-state index in [0.29, 0.717) is 12.8 Å². The molecule has 1 atom stereocenters. The minimum absolute atomic E-state index is 0.126. The number of hydrogen-bond donors (Lipinski definition) is 2. The average molecular weight is 671 g/mol. The molecule has 0 saturated carbocycles. The minimum Gasteiger partial charge on any atom is -0.462 e. The van der Waals surface area contributed by atoms with Crippen LogP contribution in [0.4, 0.5) is 0 Å². The van der Waals surface area contributed by atoms with Crippen molar-refractivity contribution in [1.82, 2.24) is 0 Å². The summed E-state index contributed by atoms with van der Waals surface area (Å²) in [5.41, 5.74) is 0. The number of carbonyl (C=O) groups excluding carboxylic acids is 2. The van der Waals surface area contributed by atoms with Crippen molar-refractivity contribution < 1.29 is 37.9 Å². The quantitative estimate of drug-likeness (QED) is 0.0306. The van der Waals surface area contributed by atoms with Crippen LogP contribution < -0.4 is 0 Å². The third kappa shape index (κ3) is 35.1. The average Bonchev–Trinajstić information content (AvgIpc) is 3.02. The van der Waals surface area contributed by atoms with Crippen molar-refractivity contribution in [3.63, 3.8) is 0 Å². The molecule has 0 spiro atoms. The van der Waals surface area contributed by atoms with E-state index in [4.69, 9.17) is 19.3 Å². The van der Waals surface area contributed by atoms with Crippen molar-refractivity contribution in [2.45, 2.75) is 174 Å². The van der Waals surface area contributed by atoms with Gasteiger partial charge in [-0.2, -0.15) is 0 Å². The van der Waals surface area contributed by atoms with Crippen LogP contribution in [-0.2, 0) is 28.2 Å². The fraction of sp³-hybridized carbons (Fsp3) is 0.784. The molecule has 0 aromatic rings. The summed E-state index contributed by atoms with van der Waals surface area (Å²) in [7, 11) is -4.76. The number of hydrogen-bond acceptors (Lipinski definition) is 6. The predicted molar refractivity (Wildman–Crippen MR) is 188 cm³/mol. The largest absolute Gasteiger partial charge is 0.469 e. The van der Waals surface area contributed by atoms with E-state index in [0.717, 1.165) is 51.4 Å². The molecule has 0 aromatic heterocycles. The lowest BCUT2D eigenvalue weighted by Gasteiger charge is -2.18. The summed E-state index contributed by atoms with van der Waals surface area (Å²) in [6.07, 6.45) is 37.3. The highest BCUT2D eigenvalue weighted by Gasteiger charge is 2.22. The molecule has 0 heterocycles. The number of carbonyl (C=O) groups is 2. The normalized spacial score (nSPS) is 12.9. The molecule has 268 valence electrons. The maximum atomic E-state index is 12.3. The van der Waals surface area contributed by atoms with E-state index >= 15 is 0 Å². The Hall–Kier alpha value is -1.73. The first-order chi connectivity index (χ1) is 22.3. The van der Waals surface area contributed by atoms with Gasteiger partial charge in [0.1, 0.15) is 6.61 Å². The van der Waals surface area contributed by atoms with Crippen LogP contribution in [0.3, 0.4) is 0 Å². The lowest BCUT2D eigenvalue weighted by atomic mass is 10.1. The zero-order valence-electron chi connectivity index (χ0n) is 29.2. The summed E-state index contributed by atoms with van der Waals surface area (Å²) in [5.74, 6) is -0.959. The maximum Gasteiger partial charge on any atom is 0.469 e. The molecule has 0 saturated heterocycles. The standard InChI is InChI=1S/C37H67O8P/c1-3-5-7-9-11-13-15-17-18-20-21-23-25-27-29-31-36(38)43-33-35(34-44-46(40,41)42)45-37(39)32-30-28-26-24-22-19-16-14-12-10-8-6-4-2/h11,13,17-18,26,28,35H,3-10,12,14-16,19-25,27,29-34H2,1-2H3,(H2,40,41,42)/b13-11-,18-17-,28-26+/t35-/m1/s1. The van der Waals surface area contributed by atoms with Gasteiger partial charge in [0.05, 0.1) is 6.61 Å². The van der Waals surface area contributed by atoms with Crippen LogP contribution in [0.2, 0.25) is 0 Å². The van der Waals surface area contributed by atoms with Crippen LogP contribution in [0, 0.1) is 0 Å². The smallest absolute Gasteiger partial charge is 0.462 e. The van der Waals surface area contributed by atoms with Crippen molar-refractivity contribution in [2.24, 2.45) is 0 Å². The number of phosphoric ester groups is 1. The fourth-order valence-corrected chi connectivity index (χ4v) is 5.25. The first kappa shape index (κ1) is 44.3. The fourth-order valence-electron chi connectivity index (χ4n) is 4.89. The highest BCUT2D eigenvalue weighted by atomic mass is 31.2. The second-order valence-corrected chi connectivity index (χ2v) is 13.4. The molecule has 46 heavy (non-hydrogen) atoms. The first-order valence-corrected chi connectivity index (χ1v) is 19.8. The van der Waals surface area contributed by atoms with Crippen LogP contribution in [0.15, 0.2) is 36.5 Å². The molecule has 0 aliphatic carbocycles. The van der Waals surface area contributed by atoms with E-state index in [2.05, 4.69) is 48.8 Å². The Morgan fingerprint density at radius 2 is 1.02 bits per heavy atom. The molecular weight excluding hydrogens is 603 g/mol.